The van der Waals surface area contributed by atoms with Crippen LogP contribution in [0.2, 0.25) is 5.02 Å². The highest BCUT2D eigenvalue weighted by Gasteiger charge is 2.33. The fraction of sp³-hybridized carbons (Fsp3) is 0.167. The van der Waals surface area contributed by atoms with Crippen LogP contribution < -0.4 is 16.0 Å². The summed E-state index contributed by atoms with van der Waals surface area (Å²) in [7, 11) is 0. The number of hydrogen-bond donors (Lipinski definition) is 3. The molecule has 4 rings (SSSR count). The number of alkyl halides is 3. The standard InChI is InChI=1S/C24H21ClF3N7O/c1-2-9-30-22-31-10-8-20(34-22)35-12-11-29-21(35)15-4-3-5-16(13-15)32-23(36)33-17-6-7-19(25)18(14-17)24(26,27)28/h3-8,10-14H,2,9H2,1H3,(H,30,31,34)(H2,32,33,36). The van der Waals surface area contributed by atoms with Crippen molar-refractivity contribution in [3.05, 3.63) is 77.7 Å². The molecule has 2 heterocycles. The molecule has 4 aromatic rings. The van der Waals surface area contributed by atoms with E-state index in [0.29, 0.717) is 28.8 Å². The van der Waals surface area contributed by atoms with Crippen molar-refractivity contribution >= 4 is 35.0 Å². The predicted octanol–water partition coefficient (Wildman–Crippen LogP) is 6.47. The largest absolute Gasteiger partial charge is 0.417 e. The van der Waals surface area contributed by atoms with E-state index < -0.39 is 22.8 Å². The molecule has 0 saturated heterocycles. The van der Waals surface area contributed by atoms with Gasteiger partial charge in [-0.25, -0.2) is 14.8 Å². The number of hydrogen-bond acceptors (Lipinski definition) is 5. The molecular formula is C24H21ClF3N7O. The average molecular weight is 516 g/mol. The summed E-state index contributed by atoms with van der Waals surface area (Å²) in [4.78, 5) is 25.6. The lowest BCUT2D eigenvalue weighted by Crippen LogP contribution is -2.20. The summed E-state index contributed by atoms with van der Waals surface area (Å²) in [5, 5.41) is 7.70. The van der Waals surface area contributed by atoms with E-state index in [-0.39, 0.29) is 5.69 Å². The molecule has 0 aliphatic carbocycles. The summed E-state index contributed by atoms with van der Waals surface area (Å²) in [6.07, 6.45) is 1.32. The summed E-state index contributed by atoms with van der Waals surface area (Å²) >= 11 is 5.63. The smallest absolute Gasteiger partial charge is 0.354 e. The molecule has 0 radical (unpaired) electrons. The Morgan fingerprint density at radius 2 is 1.81 bits per heavy atom. The highest BCUT2D eigenvalue weighted by Crippen LogP contribution is 2.36. The van der Waals surface area contributed by atoms with E-state index in [9.17, 15) is 18.0 Å². The summed E-state index contributed by atoms with van der Waals surface area (Å²) in [6.45, 7) is 2.78. The first-order chi connectivity index (χ1) is 17.2. The van der Waals surface area contributed by atoms with E-state index >= 15 is 0 Å². The van der Waals surface area contributed by atoms with Crippen LogP contribution in [0, 0.1) is 0 Å². The van der Waals surface area contributed by atoms with Crippen molar-refractivity contribution in [3.63, 3.8) is 0 Å². The Morgan fingerprint density at radius 1 is 1.03 bits per heavy atom. The second kappa shape index (κ2) is 10.6. The monoisotopic (exact) mass is 515 g/mol. The van der Waals surface area contributed by atoms with Gasteiger partial charge in [0.2, 0.25) is 5.95 Å². The predicted molar refractivity (Wildman–Crippen MR) is 132 cm³/mol. The molecule has 0 atom stereocenters. The third-order valence-electron chi connectivity index (χ3n) is 4.97. The minimum Gasteiger partial charge on any atom is -0.354 e. The third kappa shape index (κ3) is 5.92. The fourth-order valence-electron chi connectivity index (χ4n) is 3.36. The van der Waals surface area contributed by atoms with Gasteiger partial charge in [0.05, 0.1) is 10.6 Å². The number of nitrogens with one attached hydrogen (secondary N) is 3. The lowest BCUT2D eigenvalue weighted by Gasteiger charge is -2.13. The molecule has 0 spiro atoms. The number of carbonyl (C=O) groups excluding carboxylic acids is 1. The van der Waals surface area contributed by atoms with Gasteiger partial charge < -0.3 is 16.0 Å². The van der Waals surface area contributed by atoms with Crippen LogP contribution in [0.5, 0.6) is 0 Å². The highest BCUT2D eigenvalue weighted by atomic mass is 35.5. The fourth-order valence-corrected chi connectivity index (χ4v) is 3.58. The molecule has 0 bridgehead atoms. The van der Waals surface area contributed by atoms with E-state index in [2.05, 4.69) is 30.9 Å². The van der Waals surface area contributed by atoms with Gasteiger partial charge in [-0.1, -0.05) is 30.7 Å². The molecule has 2 aromatic carbocycles. The van der Waals surface area contributed by atoms with E-state index in [1.165, 1.54) is 6.07 Å². The van der Waals surface area contributed by atoms with Crippen molar-refractivity contribution in [2.24, 2.45) is 0 Å². The van der Waals surface area contributed by atoms with Crippen LogP contribution >= 0.6 is 11.6 Å². The summed E-state index contributed by atoms with van der Waals surface area (Å²) in [5.74, 6) is 1.68. The third-order valence-corrected chi connectivity index (χ3v) is 5.30. The van der Waals surface area contributed by atoms with Gasteiger partial charge in [0.25, 0.3) is 0 Å². The van der Waals surface area contributed by atoms with Crippen molar-refractivity contribution in [1.82, 2.24) is 19.5 Å². The van der Waals surface area contributed by atoms with Crippen LogP contribution in [0.1, 0.15) is 18.9 Å². The zero-order chi connectivity index (χ0) is 25.7. The van der Waals surface area contributed by atoms with E-state index in [1.807, 2.05) is 13.0 Å². The van der Waals surface area contributed by atoms with Crippen LogP contribution in [0.4, 0.5) is 35.3 Å². The lowest BCUT2D eigenvalue weighted by molar-refractivity contribution is -0.137. The maximum atomic E-state index is 13.1. The molecule has 2 amide bonds. The number of aromatic nitrogens is 4. The molecule has 0 fully saturated rings. The Balaban J connectivity index is 1.52. The van der Waals surface area contributed by atoms with Gasteiger partial charge in [0.15, 0.2) is 0 Å². The van der Waals surface area contributed by atoms with Gasteiger partial charge in [0.1, 0.15) is 11.6 Å². The number of halogens is 4. The molecule has 0 aliphatic rings. The summed E-state index contributed by atoms with van der Waals surface area (Å²) in [6, 6.07) is 11.1. The van der Waals surface area contributed by atoms with E-state index in [4.69, 9.17) is 11.6 Å². The summed E-state index contributed by atoms with van der Waals surface area (Å²) < 4.78 is 41.1. The Kier molecular flexibility index (Phi) is 7.39. The number of urea groups is 1. The van der Waals surface area contributed by atoms with E-state index in [1.54, 1.807) is 47.4 Å². The van der Waals surface area contributed by atoms with Gasteiger partial charge in [-0.05, 0) is 42.8 Å². The summed E-state index contributed by atoms with van der Waals surface area (Å²) in [5.41, 5.74) is 0.0172. The first kappa shape index (κ1) is 25.0. The molecule has 8 nitrogen and oxygen atoms in total. The number of nitrogens with zero attached hydrogens (tertiary/aromatic N) is 4. The molecule has 3 N–H and O–H groups in total. The second-order valence-corrected chi connectivity index (χ2v) is 8.05. The quantitative estimate of drug-likeness (QED) is 0.262. The number of imidazole rings is 1. The Labute approximate surface area is 209 Å². The van der Waals surface area contributed by atoms with Crippen LogP contribution in [0.15, 0.2) is 67.1 Å². The Bertz CT molecular complexity index is 1370. The SMILES string of the molecule is CCCNc1nccc(-n2ccnc2-c2cccc(NC(=O)Nc3ccc(Cl)c(C(F)(F)F)c3)c2)n1. The minimum atomic E-state index is -4.64. The second-order valence-electron chi connectivity index (χ2n) is 7.64. The maximum Gasteiger partial charge on any atom is 0.417 e. The molecule has 0 saturated carbocycles. The van der Waals surface area contributed by atoms with Crippen molar-refractivity contribution in [2.45, 2.75) is 19.5 Å². The van der Waals surface area contributed by atoms with Crippen LogP contribution in [0.25, 0.3) is 17.2 Å². The zero-order valence-corrected chi connectivity index (χ0v) is 19.7. The molecule has 36 heavy (non-hydrogen) atoms. The number of amides is 2. The number of anilines is 3. The first-order valence-corrected chi connectivity index (χ1v) is 11.3. The average Bonchev–Trinajstić information content (AvgIpc) is 3.34. The highest BCUT2D eigenvalue weighted by molar-refractivity contribution is 6.31. The first-order valence-electron chi connectivity index (χ1n) is 10.9. The minimum absolute atomic E-state index is 0.0489. The van der Waals surface area contributed by atoms with Gasteiger partial charge >= 0.3 is 12.2 Å². The lowest BCUT2D eigenvalue weighted by atomic mass is 10.2. The van der Waals surface area contributed by atoms with Crippen molar-refractivity contribution in [2.75, 3.05) is 22.5 Å². The van der Waals surface area contributed by atoms with Gasteiger partial charge in [-0.2, -0.15) is 18.2 Å². The molecule has 2 aromatic heterocycles. The molecule has 12 heteroatoms. The van der Waals surface area contributed by atoms with Gasteiger partial charge in [-0.3, -0.25) is 4.57 Å². The maximum absolute atomic E-state index is 13.1. The number of benzene rings is 2. The Hall–Kier alpha value is -4.12. The number of rotatable bonds is 7. The Morgan fingerprint density at radius 3 is 2.56 bits per heavy atom. The van der Waals surface area contributed by atoms with Crippen LogP contribution in [-0.4, -0.2) is 32.1 Å². The number of carbonyl (C=O) groups is 1. The zero-order valence-electron chi connectivity index (χ0n) is 19.0. The molecule has 0 aliphatic heterocycles. The van der Waals surface area contributed by atoms with Crippen molar-refractivity contribution in [1.29, 1.82) is 0 Å². The van der Waals surface area contributed by atoms with Crippen molar-refractivity contribution in [3.8, 4) is 17.2 Å². The van der Waals surface area contributed by atoms with Gasteiger partial charge in [-0.15, -0.1) is 0 Å². The van der Waals surface area contributed by atoms with Crippen molar-refractivity contribution < 1.29 is 18.0 Å². The van der Waals surface area contributed by atoms with Crippen LogP contribution in [0.3, 0.4) is 0 Å². The molecular weight excluding hydrogens is 495 g/mol. The van der Waals surface area contributed by atoms with E-state index in [0.717, 1.165) is 25.1 Å². The van der Waals surface area contributed by atoms with Crippen LogP contribution in [-0.2, 0) is 6.18 Å². The molecule has 186 valence electrons. The van der Waals surface area contributed by atoms with Gasteiger partial charge in [0, 0.05) is 42.1 Å². The topological polar surface area (TPSA) is 96.8 Å². The normalized spacial score (nSPS) is 11.2. The molecule has 0 unspecified atom stereocenters.